The van der Waals surface area contributed by atoms with Crippen molar-refractivity contribution >= 4 is 30.5 Å². The quantitative estimate of drug-likeness (QED) is 0.572. The molecular formula is C15H23BrO2Si. The van der Waals surface area contributed by atoms with Gasteiger partial charge in [0.1, 0.15) is 6.29 Å². The minimum absolute atomic E-state index is 0.208. The van der Waals surface area contributed by atoms with Gasteiger partial charge in [-0.1, -0.05) is 48.8 Å². The van der Waals surface area contributed by atoms with E-state index in [1.807, 2.05) is 18.2 Å². The average Bonchev–Trinajstić information content (AvgIpc) is 2.29. The molecule has 106 valence electrons. The van der Waals surface area contributed by atoms with Gasteiger partial charge in [-0.3, -0.25) is 0 Å². The van der Waals surface area contributed by atoms with Gasteiger partial charge in [-0.05, 0) is 35.3 Å². The van der Waals surface area contributed by atoms with Gasteiger partial charge in [0.15, 0.2) is 8.32 Å². The van der Waals surface area contributed by atoms with E-state index >= 15 is 0 Å². The van der Waals surface area contributed by atoms with Gasteiger partial charge in [0.05, 0.1) is 6.61 Å². The van der Waals surface area contributed by atoms with Gasteiger partial charge in [-0.2, -0.15) is 0 Å². The van der Waals surface area contributed by atoms with E-state index in [1.165, 1.54) is 0 Å². The fourth-order valence-electron chi connectivity index (χ4n) is 1.44. The van der Waals surface area contributed by atoms with Crippen LogP contribution in [0.15, 0.2) is 22.7 Å². The molecule has 0 atom stereocenters. The molecule has 0 spiro atoms. The standard InChI is InChI=1S/C15H23BrO2Si/c1-15(2,3)19(4,5)18-11-13-10-12(8-9-17)6-7-14(13)16/h6-7,9-10H,8,11H2,1-5H3. The maximum Gasteiger partial charge on any atom is 0.192 e. The third kappa shape index (κ3) is 4.55. The second-order valence-electron chi connectivity index (χ2n) is 6.35. The number of hydrogen-bond acceptors (Lipinski definition) is 2. The summed E-state index contributed by atoms with van der Waals surface area (Å²) < 4.78 is 7.26. The zero-order chi connectivity index (χ0) is 14.7. The van der Waals surface area contributed by atoms with Gasteiger partial charge in [0.25, 0.3) is 0 Å². The number of halogens is 1. The number of rotatable bonds is 5. The monoisotopic (exact) mass is 342 g/mol. The highest BCUT2D eigenvalue weighted by Crippen LogP contribution is 2.37. The molecule has 0 aromatic heterocycles. The largest absolute Gasteiger partial charge is 0.413 e. The van der Waals surface area contributed by atoms with Crippen LogP contribution < -0.4 is 0 Å². The molecular weight excluding hydrogens is 320 g/mol. The normalized spacial score (nSPS) is 12.5. The van der Waals surface area contributed by atoms with Crippen molar-refractivity contribution in [2.75, 3.05) is 0 Å². The van der Waals surface area contributed by atoms with Crippen molar-refractivity contribution in [3.63, 3.8) is 0 Å². The molecule has 1 aromatic carbocycles. The summed E-state index contributed by atoms with van der Waals surface area (Å²) >= 11 is 3.55. The molecule has 0 aliphatic carbocycles. The van der Waals surface area contributed by atoms with Gasteiger partial charge in [-0.25, -0.2) is 0 Å². The van der Waals surface area contributed by atoms with E-state index in [2.05, 4.69) is 49.8 Å². The molecule has 0 aliphatic rings. The van der Waals surface area contributed by atoms with Crippen molar-refractivity contribution in [1.82, 2.24) is 0 Å². The third-order valence-electron chi connectivity index (χ3n) is 3.82. The van der Waals surface area contributed by atoms with Crippen LogP contribution in [0.5, 0.6) is 0 Å². The summed E-state index contributed by atoms with van der Waals surface area (Å²) in [4.78, 5) is 10.6. The Labute approximate surface area is 125 Å². The summed E-state index contributed by atoms with van der Waals surface area (Å²) in [5.41, 5.74) is 2.15. The molecule has 0 fully saturated rings. The van der Waals surface area contributed by atoms with Crippen LogP contribution in [0.1, 0.15) is 31.9 Å². The zero-order valence-electron chi connectivity index (χ0n) is 12.4. The fraction of sp³-hybridized carbons (Fsp3) is 0.533. The Morgan fingerprint density at radius 3 is 2.47 bits per heavy atom. The maximum absolute atomic E-state index is 10.6. The maximum atomic E-state index is 10.6. The Morgan fingerprint density at radius 1 is 1.32 bits per heavy atom. The lowest BCUT2D eigenvalue weighted by molar-refractivity contribution is -0.107. The highest BCUT2D eigenvalue weighted by Gasteiger charge is 2.37. The van der Waals surface area contributed by atoms with Crippen LogP contribution in [0.25, 0.3) is 0 Å². The molecule has 0 bridgehead atoms. The van der Waals surface area contributed by atoms with Crippen LogP contribution in [0.3, 0.4) is 0 Å². The molecule has 0 radical (unpaired) electrons. The van der Waals surface area contributed by atoms with Crippen LogP contribution in [-0.4, -0.2) is 14.6 Å². The van der Waals surface area contributed by atoms with Crippen molar-refractivity contribution < 1.29 is 9.22 Å². The number of hydrogen-bond donors (Lipinski definition) is 0. The number of carbonyl (C=O) groups excluding carboxylic acids is 1. The lowest BCUT2D eigenvalue weighted by atomic mass is 10.1. The second-order valence-corrected chi connectivity index (χ2v) is 12.0. The molecule has 0 N–H and O–H groups in total. The van der Waals surface area contributed by atoms with Gasteiger partial charge >= 0.3 is 0 Å². The van der Waals surface area contributed by atoms with Crippen LogP contribution in [0.4, 0.5) is 0 Å². The Hall–Kier alpha value is -0.453. The zero-order valence-corrected chi connectivity index (χ0v) is 15.0. The first-order valence-corrected chi connectivity index (χ1v) is 10.2. The average molecular weight is 343 g/mol. The smallest absolute Gasteiger partial charge is 0.192 e. The molecule has 0 heterocycles. The van der Waals surface area contributed by atoms with Crippen molar-refractivity contribution in [3.05, 3.63) is 33.8 Å². The van der Waals surface area contributed by atoms with E-state index in [1.54, 1.807) is 0 Å². The molecule has 19 heavy (non-hydrogen) atoms. The molecule has 0 amide bonds. The fourth-order valence-corrected chi connectivity index (χ4v) is 2.75. The van der Waals surface area contributed by atoms with E-state index in [0.717, 1.165) is 21.9 Å². The Kier molecular flexibility index (Phi) is 5.53. The van der Waals surface area contributed by atoms with Crippen LogP contribution in [0, 0.1) is 0 Å². The summed E-state index contributed by atoms with van der Waals surface area (Å²) in [6, 6.07) is 6.00. The number of aldehydes is 1. The predicted octanol–water partition coefficient (Wildman–Crippen LogP) is 4.71. The highest BCUT2D eigenvalue weighted by atomic mass is 79.9. The first-order chi connectivity index (χ1) is 8.67. The van der Waals surface area contributed by atoms with E-state index in [4.69, 9.17) is 4.43 Å². The van der Waals surface area contributed by atoms with Crippen molar-refractivity contribution in [3.8, 4) is 0 Å². The van der Waals surface area contributed by atoms with Crippen LogP contribution in [0.2, 0.25) is 18.1 Å². The van der Waals surface area contributed by atoms with Crippen LogP contribution in [-0.2, 0) is 22.2 Å². The van der Waals surface area contributed by atoms with Crippen molar-refractivity contribution in [1.29, 1.82) is 0 Å². The summed E-state index contributed by atoms with van der Waals surface area (Å²) in [6.07, 6.45) is 1.39. The summed E-state index contributed by atoms with van der Waals surface area (Å²) in [5.74, 6) is 0. The summed E-state index contributed by atoms with van der Waals surface area (Å²) in [5, 5.41) is 0.208. The number of carbonyl (C=O) groups is 1. The molecule has 2 nitrogen and oxygen atoms in total. The predicted molar refractivity (Wildman–Crippen MR) is 85.9 cm³/mol. The van der Waals surface area contributed by atoms with E-state index in [0.29, 0.717) is 13.0 Å². The van der Waals surface area contributed by atoms with Crippen LogP contribution >= 0.6 is 15.9 Å². The lowest BCUT2D eigenvalue weighted by Gasteiger charge is -2.36. The molecule has 1 aromatic rings. The lowest BCUT2D eigenvalue weighted by Crippen LogP contribution is -2.40. The number of benzene rings is 1. The SMILES string of the molecule is CC(C)(C)[Si](C)(C)OCc1cc(CC=O)ccc1Br. The highest BCUT2D eigenvalue weighted by molar-refractivity contribution is 9.10. The summed E-state index contributed by atoms with van der Waals surface area (Å²) in [7, 11) is -1.74. The van der Waals surface area contributed by atoms with Crippen molar-refractivity contribution in [2.24, 2.45) is 0 Å². The Balaban J connectivity index is 2.82. The molecule has 0 unspecified atom stereocenters. The van der Waals surface area contributed by atoms with E-state index in [-0.39, 0.29) is 5.04 Å². The van der Waals surface area contributed by atoms with Gasteiger partial charge < -0.3 is 9.22 Å². The van der Waals surface area contributed by atoms with Gasteiger partial charge in [0.2, 0.25) is 0 Å². The first-order valence-electron chi connectivity index (χ1n) is 6.52. The van der Waals surface area contributed by atoms with E-state index in [9.17, 15) is 4.79 Å². The van der Waals surface area contributed by atoms with Crippen molar-refractivity contribution in [2.45, 2.75) is 51.9 Å². The molecule has 0 aliphatic heterocycles. The minimum Gasteiger partial charge on any atom is -0.413 e. The molecule has 1 rings (SSSR count). The third-order valence-corrected chi connectivity index (χ3v) is 9.08. The first kappa shape index (κ1) is 16.6. The Morgan fingerprint density at radius 2 is 1.95 bits per heavy atom. The topological polar surface area (TPSA) is 26.3 Å². The second kappa shape index (κ2) is 6.33. The van der Waals surface area contributed by atoms with Gasteiger partial charge in [0, 0.05) is 10.9 Å². The van der Waals surface area contributed by atoms with Gasteiger partial charge in [-0.15, -0.1) is 0 Å². The molecule has 4 heteroatoms. The summed E-state index contributed by atoms with van der Waals surface area (Å²) in [6.45, 7) is 11.8. The minimum atomic E-state index is -1.74. The Bertz CT molecular complexity index is 450. The molecule has 0 saturated heterocycles. The van der Waals surface area contributed by atoms with E-state index < -0.39 is 8.32 Å². The molecule has 0 saturated carbocycles.